The normalized spacial score (nSPS) is 31.4. The van der Waals surface area contributed by atoms with Gasteiger partial charge in [-0.05, 0) is 17.7 Å². The lowest BCUT2D eigenvalue weighted by atomic mass is 9.88. The molecule has 0 aromatic rings. The van der Waals surface area contributed by atoms with E-state index in [1.165, 1.54) is 20.1 Å². The summed E-state index contributed by atoms with van der Waals surface area (Å²) >= 11 is 0. The Labute approximate surface area is 241 Å². The lowest BCUT2D eigenvalue weighted by molar-refractivity contribution is -0.342. The van der Waals surface area contributed by atoms with Crippen molar-refractivity contribution in [1.29, 1.82) is 0 Å². The van der Waals surface area contributed by atoms with Crippen molar-refractivity contribution >= 4 is 35.8 Å². The van der Waals surface area contributed by atoms with Crippen molar-refractivity contribution in [1.82, 2.24) is 0 Å². The summed E-state index contributed by atoms with van der Waals surface area (Å²) in [4.78, 5) is 71.1. The monoisotopic (exact) mass is 598 g/mol. The topological polar surface area (TPSA) is 185 Å². The highest BCUT2D eigenvalue weighted by Gasteiger charge is 2.55. The zero-order valence-electron chi connectivity index (χ0n) is 24.0. The number of carbonyl (C=O) groups is 6. The van der Waals surface area contributed by atoms with Gasteiger partial charge in [-0.25, -0.2) is 0 Å². The summed E-state index contributed by atoms with van der Waals surface area (Å²) in [7, 11) is 0. The van der Waals surface area contributed by atoms with Crippen LogP contribution in [0.25, 0.3) is 0 Å². The van der Waals surface area contributed by atoms with Gasteiger partial charge in [-0.1, -0.05) is 0 Å². The Morgan fingerprint density at radius 2 is 1.26 bits per heavy atom. The van der Waals surface area contributed by atoms with Gasteiger partial charge in [0.15, 0.2) is 18.3 Å². The largest absolute Gasteiger partial charge is 0.472 e. The molecule has 0 aromatic carbocycles. The number of hydrogen-bond donors (Lipinski definition) is 0. The Bertz CT molecular complexity index is 1130. The second kappa shape index (κ2) is 14.3. The Hall–Kier alpha value is -3.98. The number of hydrogen-bond acceptors (Lipinski definition) is 15. The maximum Gasteiger partial charge on any atom is 0.303 e. The van der Waals surface area contributed by atoms with Gasteiger partial charge in [0.2, 0.25) is 12.6 Å². The highest BCUT2D eigenvalue weighted by atomic mass is 16.8. The van der Waals surface area contributed by atoms with Gasteiger partial charge in [0.05, 0.1) is 12.2 Å². The van der Waals surface area contributed by atoms with E-state index in [9.17, 15) is 28.8 Å². The minimum atomic E-state index is -1.52. The third kappa shape index (κ3) is 8.52. The Morgan fingerprint density at radius 1 is 0.690 bits per heavy atom. The van der Waals surface area contributed by atoms with Crippen molar-refractivity contribution in [3.8, 4) is 0 Å². The highest BCUT2D eigenvalue weighted by molar-refractivity contribution is 5.69. The third-order valence-corrected chi connectivity index (χ3v) is 6.37. The molecule has 3 aliphatic rings. The molecule has 15 nitrogen and oxygen atoms in total. The first kappa shape index (κ1) is 32.5. The van der Waals surface area contributed by atoms with Crippen molar-refractivity contribution in [2.45, 2.75) is 84.6 Å². The van der Waals surface area contributed by atoms with Crippen LogP contribution in [-0.2, 0) is 71.4 Å². The zero-order valence-corrected chi connectivity index (χ0v) is 24.0. The fourth-order valence-corrected chi connectivity index (χ4v) is 4.95. The predicted octanol–water partition coefficient (Wildman–Crippen LogP) is 0.623. The molecule has 0 aromatic heterocycles. The van der Waals surface area contributed by atoms with E-state index >= 15 is 0 Å². The van der Waals surface area contributed by atoms with Gasteiger partial charge in [-0.3, -0.25) is 28.8 Å². The van der Waals surface area contributed by atoms with E-state index in [4.69, 9.17) is 42.6 Å². The van der Waals surface area contributed by atoms with Gasteiger partial charge < -0.3 is 42.6 Å². The summed E-state index contributed by atoms with van der Waals surface area (Å²) < 4.78 is 49.9. The molecule has 0 N–H and O–H groups in total. The van der Waals surface area contributed by atoms with E-state index in [1.54, 1.807) is 12.2 Å². The number of ether oxygens (including phenoxy) is 9. The molecular formula is C27H34O15. The molecule has 2 heterocycles. The predicted molar refractivity (Wildman–Crippen MR) is 134 cm³/mol. The van der Waals surface area contributed by atoms with Gasteiger partial charge in [0.1, 0.15) is 25.4 Å². The van der Waals surface area contributed by atoms with E-state index in [2.05, 4.69) is 0 Å². The molecule has 1 aliphatic carbocycles. The quantitative estimate of drug-likeness (QED) is 0.193. The minimum Gasteiger partial charge on any atom is -0.472 e. The standard InChI is InChI=1S/C27H34O15/c1-12(28)35-10-18-9-20(37-14(3)30)19-7-8-34-26(22(18)19)42-27-25(40-17(6)33)24(39-16(5)32)23(38-15(4)31)21(41-27)11-36-13(2)29/h7-9,19-27H,10-11H2,1-6H3/t19-,20?,21?,22+,23?,24?,25?,26?,27?/m0/s1. The molecule has 1 saturated heterocycles. The Kier molecular flexibility index (Phi) is 11.1. The van der Waals surface area contributed by atoms with Crippen LogP contribution < -0.4 is 0 Å². The molecule has 9 atom stereocenters. The smallest absolute Gasteiger partial charge is 0.303 e. The summed E-state index contributed by atoms with van der Waals surface area (Å²) in [5, 5.41) is 0. The molecule has 2 aliphatic heterocycles. The van der Waals surface area contributed by atoms with Crippen molar-refractivity contribution in [3.63, 3.8) is 0 Å². The number of esters is 6. The summed E-state index contributed by atoms with van der Waals surface area (Å²) in [5.41, 5.74) is 0.515. The first-order valence-corrected chi connectivity index (χ1v) is 13.1. The number of carbonyl (C=O) groups excluding carboxylic acids is 6. The van der Waals surface area contributed by atoms with Crippen molar-refractivity contribution < 1.29 is 71.4 Å². The third-order valence-electron chi connectivity index (χ3n) is 6.37. The van der Waals surface area contributed by atoms with Crippen LogP contribution in [0.2, 0.25) is 0 Å². The van der Waals surface area contributed by atoms with E-state index < -0.39 is 97.4 Å². The summed E-state index contributed by atoms with van der Waals surface area (Å²) in [6.45, 7) is 6.34. The van der Waals surface area contributed by atoms with E-state index in [-0.39, 0.29) is 6.61 Å². The molecule has 0 radical (unpaired) electrons. The summed E-state index contributed by atoms with van der Waals surface area (Å²) in [6, 6.07) is 0. The second-order valence-electron chi connectivity index (χ2n) is 9.74. The van der Waals surface area contributed by atoms with Crippen LogP contribution in [0.4, 0.5) is 0 Å². The SMILES string of the molecule is CC(=O)OCC1=CC(OC(C)=O)[C@@H]2C=COC(OC3OC(COC(C)=O)C(OC(C)=O)C(OC(C)=O)C3OC(C)=O)[C@H]12. The van der Waals surface area contributed by atoms with Crippen LogP contribution in [0.15, 0.2) is 24.0 Å². The first-order valence-electron chi connectivity index (χ1n) is 13.1. The van der Waals surface area contributed by atoms with Crippen LogP contribution in [-0.4, -0.2) is 92.1 Å². The van der Waals surface area contributed by atoms with Crippen molar-refractivity contribution in [2.24, 2.45) is 11.8 Å². The van der Waals surface area contributed by atoms with Crippen LogP contribution >= 0.6 is 0 Å². The molecule has 3 rings (SSSR count). The molecule has 15 heteroatoms. The molecule has 0 spiro atoms. The Balaban J connectivity index is 1.99. The molecule has 42 heavy (non-hydrogen) atoms. The average molecular weight is 599 g/mol. The lowest BCUT2D eigenvalue weighted by Gasteiger charge is -2.45. The second-order valence-corrected chi connectivity index (χ2v) is 9.74. The minimum absolute atomic E-state index is 0.163. The Morgan fingerprint density at radius 3 is 1.83 bits per heavy atom. The molecule has 0 saturated carbocycles. The fourth-order valence-electron chi connectivity index (χ4n) is 4.95. The lowest BCUT2D eigenvalue weighted by Crippen LogP contribution is -2.63. The summed E-state index contributed by atoms with van der Waals surface area (Å²) in [5.74, 6) is -5.31. The van der Waals surface area contributed by atoms with Crippen LogP contribution in [0, 0.1) is 11.8 Å². The molecule has 0 amide bonds. The molecule has 232 valence electrons. The first-order chi connectivity index (χ1) is 19.8. The van der Waals surface area contributed by atoms with E-state index in [0.717, 1.165) is 27.7 Å². The molecule has 0 bridgehead atoms. The van der Waals surface area contributed by atoms with Crippen molar-refractivity contribution in [3.05, 3.63) is 24.0 Å². The average Bonchev–Trinajstić information content (AvgIpc) is 3.22. The zero-order chi connectivity index (χ0) is 31.1. The maximum absolute atomic E-state index is 12.1. The summed E-state index contributed by atoms with van der Waals surface area (Å²) in [6.07, 6.45) is -4.37. The van der Waals surface area contributed by atoms with Gasteiger partial charge in [0.25, 0.3) is 0 Å². The highest BCUT2D eigenvalue weighted by Crippen LogP contribution is 2.43. The van der Waals surface area contributed by atoms with Gasteiger partial charge in [-0.2, -0.15) is 0 Å². The van der Waals surface area contributed by atoms with Crippen LogP contribution in [0.5, 0.6) is 0 Å². The van der Waals surface area contributed by atoms with E-state index in [1.807, 2.05) is 0 Å². The van der Waals surface area contributed by atoms with Crippen LogP contribution in [0.3, 0.4) is 0 Å². The molecular weight excluding hydrogens is 564 g/mol. The number of fused-ring (bicyclic) bond motifs is 1. The van der Waals surface area contributed by atoms with Crippen molar-refractivity contribution in [2.75, 3.05) is 13.2 Å². The van der Waals surface area contributed by atoms with E-state index in [0.29, 0.717) is 5.57 Å². The van der Waals surface area contributed by atoms with Gasteiger partial charge >= 0.3 is 35.8 Å². The molecule has 7 unspecified atom stereocenters. The molecule has 1 fully saturated rings. The number of rotatable bonds is 10. The van der Waals surface area contributed by atoms with Crippen LogP contribution in [0.1, 0.15) is 41.5 Å². The fraction of sp³-hybridized carbons (Fsp3) is 0.630. The van der Waals surface area contributed by atoms with Gasteiger partial charge in [0, 0.05) is 47.5 Å². The maximum atomic E-state index is 12.1. The van der Waals surface area contributed by atoms with Gasteiger partial charge in [-0.15, -0.1) is 0 Å².